The Kier molecular flexibility index (Phi) is 7.32. The number of nitrogens with two attached hydrogens (primary N) is 1. The first-order valence-corrected chi connectivity index (χ1v) is 11.6. The molecule has 2 aromatic carbocycles. The number of nitrogen functional groups attached to an aromatic ring is 1. The highest BCUT2D eigenvalue weighted by molar-refractivity contribution is 6.14. The molecule has 0 saturated carbocycles. The third-order valence-electron chi connectivity index (χ3n) is 6.31. The minimum Gasteiger partial charge on any atom is -0.398 e. The minimum absolute atomic E-state index is 0.231. The molecule has 4 rings (SSSR count). The maximum absolute atomic E-state index is 8.79. The van der Waals surface area contributed by atoms with Crippen molar-refractivity contribution < 1.29 is 0 Å². The molecular weight excluding hydrogens is 410 g/mol. The van der Waals surface area contributed by atoms with Crippen LogP contribution in [0, 0.1) is 10.8 Å². The fraction of sp³-hybridized carbons (Fsp3) is 0.346. The lowest BCUT2D eigenvalue weighted by molar-refractivity contribution is 0.335. The number of hydrogen-bond acceptors (Lipinski definition) is 6. The van der Waals surface area contributed by atoms with Gasteiger partial charge in [0.1, 0.15) is 0 Å². The lowest BCUT2D eigenvalue weighted by Crippen LogP contribution is -2.29. The highest BCUT2D eigenvalue weighted by Gasteiger charge is 2.15. The van der Waals surface area contributed by atoms with E-state index in [1.54, 1.807) is 19.3 Å². The first-order valence-electron chi connectivity index (χ1n) is 11.6. The molecule has 7 heteroatoms. The van der Waals surface area contributed by atoms with Crippen molar-refractivity contribution in [3.05, 3.63) is 64.8 Å². The number of H-pyrrole nitrogens is 1. The Morgan fingerprint density at radius 1 is 1.21 bits per heavy atom. The summed E-state index contributed by atoms with van der Waals surface area (Å²) in [5, 5.41) is 21.1. The molecular formula is C26H33N7. The lowest BCUT2D eigenvalue weighted by Gasteiger charge is -2.14. The predicted molar refractivity (Wildman–Crippen MR) is 138 cm³/mol. The van der Waals surface area contributed by atoms with Gasteiger partial charge in [-0.25, -0.2) is 0 Å². The summed E-state index contributed by atoms with van der Waals surface area (Å²) in [5.41, 5.74) is 11.6. The van der Waals surface area contributed by atoms with Gasteiger partial charge in [0.15, 0.2) is 0 Å². The lowest BCUT2D eigenvalue weighted by atomic mass is 9.95. The third kappa shape index (κ3) is 5.38. The summed E-state index contributed by atoms with van der Waals surface area (Å²) in [6.07, 6.45) is 5.71. The van der Waals surface area contributed by atoms with Crippen molar-refractivity contribution in [2.24, 2.45) is 4.99 Å². The Morgan fingerprint density at radius 3 is 2.79 bits per heavy atom. The maximum Gasteiger partial charge on any atom is 0.0868 e. The Balaban J connectivity index is 1.48. The zero-order valence-electron chi connectivity index (χ0n) is 19.2. The van der Waals surface area contributed by atoms with Crippen molar-refractivity contribution in [3.63, 3.8) is 0 Å². The van der Waals surface area contributed by atoms with Crippen LogP contribution in [0.3, 0.4) is 0 Å². The average Bonchev–Trinajstić information content (AvgIpc) is 3.50. The molecule has 1 saturated heterocycles. The molecule has 1 aliphatic heterocycles. The number of nitrogens with one attached hydrogen (secondary N) is 4. The fourth-order valence-electron chi connectivity index (χ4n) is 4.43. The van der Waals surface area contributed by atoms with Crippen LogP contribution in [0.4, 0.5) is 5.69 Å². The quantitative estimate of drug-likeness (QED) is 0.186. The van der Waals surface area contributed by atoms with Gasteiger partial charge in [0, 0.05) is 61.3 Å². The van der Waals surface area contributed by atoms with Gasteiger partial charge < -0.3 is 26.3 Å². The number of benzene rings is 2. The van der Waals surface area contributed by atoms with E-state index in [1.807, 2.05) is 18.2 Å². The van der Waals surface area contributed by atoms with Crippen LogP contribution in [0.1, 0.15) is 41.1 Å². The van der Waals surface area contributed by atoms with E-state index < -0.39 is 0 Å². The summed E-state index contributed by atoms with van der Waals surface area (Å²) in [7, 11) is 1.69. The van der Waals surface area contributed by atoms with Gasteiger partial charge in [0.2, 0.25) is 0 Å². The standard InChI is InChI=1S/C26H33N7/c1-30-17-21(15-27)19-5-6-23(28)22(13-19)26(29)25-14-20-12-18(4-7-24(20)32-25)16-31-8-11-33-9-2-3-10-33/h4-7,12-15,17,21,27,29,31-32H,2-3,8-11,16,28H2,1H3. The van der Waals surface area contributed by atoms with Gasteiger partial charge in [0.05, 0.1) is 17.3 Å². The summed E-state index contributed by atoms with van der Waals surface area (Å²) >= 11 is 0. The number of aromatic nitrogens is 1. The van der Waals surface area contributed by atoms with Crippen LogP contribution in [0.25, 0.3) is 10.9 Å². The Hall–Kier alpha value is -3.29. The van der Waals surface area contributed by atoms with Crippen molar-refractivity contribution in [2.75, 3.05) is 39.0 Å². The van der Waals surface area contributed by atoms with Gasteiger partial charge in [-0.2, -0.15) is 0 Å². The SMILES string of the molecule is CN=CC(C=N)c1ccc(N)c(C(=N)c2cc3cc(CNCCN4CCCC4)ccc3[nH]2)c1. The number of hydrogen-bond donors (Lipinski definition) is 5. The smallest absolute Gasteiger partial charge is 0.0868 e. The summed E-state index contributed by atoms with van der Waals surface area (Å²) in [5.74, 6) is -0.231. The second-order valence-corrected chi connectivity index (χ2v) is 8.65. The van der Waals surface area contributed by atoms with Gasteiger partial charge in [-0.1, -0.05) is 12.1 Å². The number of nitrogens with zero attached hydrogens (tertiary/aromatic N) is 2. The number of anilines is 1. The zero-order valence-corrected chi connectivity index (χ0v) is 19.2. The summed E-state index contributed by atoms with van der Waals surface area (Å²) in [4.78, 5) is 9.92. The second-order valence-electron chi connectivity index (χ2n) is 8.65. The average molecular weight is 444 g/mol. The van der Waals surface area contributed by atoms with Crippen molar-refractivity contribution in [1.29, 1.82) is 10.8 Å². The minimum atomic E-state index is -0.231. The van der Waals surface area contributed by atoms with Crippen LogP contribution in [-0.2, 0) is 6.54 Å². The molecule has 1 fully saturated rings. The molecule has 172 valence electrons. The fourth-order valence-corrected chi connectivity index (χ4v) is 4.43. The number of likely N-dealkylation sites (tertiary alicyclic amines) is 1. The molecule has 2 heterocycles. The van der Waals surface area contributed by atoms with E-state index in [0.29, 0.717) is 17.0 Å². The van der Waals surface area contributed by atoms with Gasteiger partial charge in [-0.3, -0.25) is 10.4 Å². The van der Waals surface area contributed by atoms with Crippen LogP contribution in [0.2, 0.25) is 0 Å². The highest BCUT2D eigenvalue weighted by Crippen LogP contribution is 2.24. The van der Waals surface area contributed by atoms with Crippen molar-refractivity contribution in [2.45, 2.75) is 25.3 Å². The zero-order chi connectivity index (χ0) is 23.2. The number of fused-ring (bicyclic) bond motifs is 1. The molecule has 0 radical (unpaired) electrons. The molecule has 3 aromatic rings. The molecule has 0 spiro atoms. The van der Waals surface area contributed by atoms with Gasteiger partial charge in [-0.15, -0.1) is 0 Å². The molecule has 6 N–H and O–H groups in total. The van der Waals surface area contributed by atoms with Crippen molar-refractivity contribution >= 4 is 34.7 Å². The first kappa shape index (κ1) is 22.9. The summed E-state index contributed by atoms with van der Waals surface area (Å²) in [6.45, 7) is 5.40. The van der Waals surface area contributed by atoms with Gasteiger partial charge in [0.25, 0.3) is 0 Å². The number of aromatic amines is 1. The monoisotopic (exact) mass is 443 g/mol. The molecule has 0 amide bonds. The van der Waals surface area contributed by atoms with Crippen LogP contribution >= 0.6 is 0 Å². The van der Waals surface area contributed by atoms with Gasteiger partial charge >= 0.3 is 0 Å². The molecule has 1 aliphatic rings. The van der Waals surface area contributed by atoms with Crippen molar-refractivity contribution in [3.8, 4) is 0 Å². The molecule has 1 aromatic heterocycles. The van der Waals surface area contributed by atoms with E-state index in [0.717, 1.165) is 41.8 Å². The molecule has 1 unspecified atom stereocenters. The molecule has 7 nitrogen and oxygen atoms in total. The van der Waals surface area contributed by atoms with E-state index >= 15 is 0 Å². The van der Waals surface area contributed by atoms with E-state index in [1.165, 1.54) is 37.7 Å². The third-order valence-corrected chi connectivity index (χ3v) is 6.31. The van der Waals surface area contributed by atoms with Crippen LogP contribution in [0.15, 0.2) is 47.5 Å². The molecule has 0 aliphatic carbocycles. The van der Waals surface area contributed by atoms with E-state index in [-0.39, 0.29) is 5.92 Å². The first-order chi connectivity index (χ1) is 16.1. The topological polar surface area (TPSA) is 117 Å². The predicted octanol–water partition coefficient (Wildman–Crippen LogP) is 3.79. The van der Waals surface area contributed by atoms with Crippen molar-refractivity contribution in [1.82, 2.24) is 15.2 Å². The van der Waals surface area contributed by atoms with Crippen LogP contribution in [-0.4, -0.2) is 61.3 Å². The number of rotatable bonds is 10. The number of aliphatic imine (C=N–C) groups is 1. The van der Waals surface area contributed by atoms with E-state index in [2.05, 4.69) is 38.4 Å². The van der Waals surface area contributed by atoms with E-state index in [9.17, 15) is 0 Å². The summed E-state index contributed by atoms with van der Waals surface area (Å²) < 4.78 is 0. The molecule has 1 atom stereocenters. The van der Waals surface area contributed by atoms with Crippen LogP contribution < -0.4 is 11.1 Å². The molecule has 33 heavy (non-hydrogen) atoms. The second kappa shape index (κ2) is 10.6. The Bertz CT molecular complexity index is 1150. The normalized spacial score (nSPS) is 15.4. The largest absolute Gasteiger partial charge is 0.398 e. The highest BCUT2D eigenvalue weighted by atomic mass is 15.1. The van der Waals surface area contributed by atoms with E-state index in [4.69, 9.17) is 16.6 Å². The Morgan fingerprint density at radius 2 is 2.03 bits per heavy atom. The maximum atomic E-state index is 8.79. The summed E-state index contributed by atoms with van der Waals surface area (Å²) in [6, 6.07) is 14.0. The molecule has 0 bridgehead atoms. The van der Waals surface area contributed by atoms with Gasteiger partial charge in [-0.05, 0) is 67.4 Å². The van der Waals surface area contributed by atoms with Crippen LogP contribution in [0.5, 0.6) is 0 Å². The Labute approximate surface area is 195 Å².